The molecule has 2 saturated heterocycles. The molecule has 2 heterocycles. The SMILES string of the molecule is CC(C)[C@H]1O[C@H]2OCCC[C@H]2[C@@H](C(C)C)O1. The molecule has 94 valence electrons. The summed E-state index contributed by atoms with van der Waals surface area (Å²) >= 11 is 0. The molecule has 0 radical (unpaired) electrons. The molecule has 4 atom stereocenters. The fourth-order valence-corrected chi connectivity index (χ4v) is 2.62. The molecule has 16 heavy (non-hydrogen) atoms. The summed E-state index contributed by atoms with van der Waals surface area (Å²) in [5, 5.41) is 0. The van der Waals surface area contributed by atoms with Crippen LogP contribution < -0.4 is 0 Å². The van der Waals surface area contributed by atoms with E-state index in [1.165, 1.54) is 6.42 Å². The van der Waals surface area contributed by atoms with E-state index in [4.69, 9.17) is 14.2 Å². The normalized spacial score (nSPS) is 40.1. The van der Waals surface area contributed by atoms with Gasteiger partial charge in [0.25, 0.3) is 0 Å². The van der Waals surface area contributed by atoms with Gasteiger partial charge in [-0.15, -0.1) is 0 Å². The lowest BCUT2D eigenvalue weighted by atomic mass is 9.86. The Kier molecular flexibility index (Phi) is 3.88. The second-order valence-electron chi connectivity index (χ2n) is 5.64. The van der Waals surface area contributed by atoms with Gasteiger partial charge in [-0.1, -0.05) is 27.7 Å². The van der Waals surface area contributed by atoms with Crippen LogP contribution in [0.4, 0.5) is 0 Å². The first-order valence-electron chi connectivity index (χ1n) is 6.52. The van der Waals surface area contributed by atoms with Gasteiger partial charge in [-0.05, 0) is 18.8 Å². The second kappa shape index (κ2) is 5.03. The van der Waals surface area contributed by atoms with Crippen LogP contribution in [0.1, 0.15) is 40.5 Å². The Morgan fingerprint density at radius 2 is 1.75 bits per heavy atom. The highest BCUT2D eigenvalue weighted by Crippen LogP contribution is 2.37. The largest absolute Gasteiger partial charge is 0.352 e. The Morgan fingerprint density at radius 3 is 2.38 bits per heavy atom. The average molecular weight is 228 g/mol. The number of fused-ring (bicyclic) bond motifs is 1. The molecule has 3 nitrogen and oxygen atoms in total. The Morgan fingerprint density at radius 1 is 1.00 bits per heavy atom. The van der Waals surface area contributed by atoms with Gasteiger partial charge in [0.2, 0.25) is 0 Å². The molecule has 2 aliphatic heterocycles. The molecule has 2 aliphatic rings. The fraction of sp³-hybridized carbons (Fsp3) is 1.00. The van der Waals surface area contributed by atoms with Crippen molar-refractivity contribution < 1.29 is 14.2 Å². The first-order valence-corrected chi connectivity index (χ1v) is 6.52. The minimum absolute atomic E-state index is 0.0395. The van der Waals surface area contributed by atoms with Crippen LogP contribution in [0.25, 0.3) is 0 Å². The van der Waals surface area contributed by atoms with Crippen molar-refractivity contribution >= 4 is 0 Å². The van der Waals surface area contributed by atoms with E-state index in [9.17, 15) is 0 Å². The average Bonchev–Trinajstić information content (AvgIpc) is 2.27. The Balaban J connectivity index is 2.09. The molecule has 3 heteroatoms. The van der Waals surface area contributed by atoms with Gasteiger partial charge in [-0.2, -0.15) is 0 Å². The first kappa shape index (κ1) is 12.3. The minimum atomic E-state index is -0.105. The van der Waals surface area contributed by atoms with Crippen molar-refractivity contribution in [2.45, 2.75) is 59.2 Å². The lowest BCUT2D eigenvalue weighted by Gasteiger charge is -2.46. The second-order valence-corrected chi connectivity index (χ2v) is 5.64. The van der Waals surface area contributed by atoms with Crippen molar-refractivity contribution in [1.29, 1.82) is 0 Å². The van der Waals surface area contributed by atoms with Crippen LogP contribution in [0.5, 0.6) is 0 Å². The summed E-state index contributed by atoms with van der Waals surface area (Å²) in [4.78, 5) is 0. The number of hydrogen-bond donors (Lipinski definition) is 0. The first-order chi connectivity index (χ1) is 7.59. The fourth-order valence-electron chi connectivity index (χ4n) is 2.62. The van der Waals surface area contributed by atoms with Crippen molar-refractivity contribution in [2.24, 2.45) is 17.8 Å². The molecule has 0 N–H and O–H groups in total. The Labute approximate surface area is 98.4 Å². The zero-order valence-electron chi connectivity index (χ0n) is 10.8. The third-order valence-electron chi connectivity index (χ3n) is 3.50. The lowest BCUT2D eigenvalue weighted by Crippen LogP contribution is -2.52. The standard InChI is InChI=1S/C13H24O3/c1-8(2)11-10-6-5-7-14-13(10)16-12(15-11)9(3)4/h8-13H,5-7H2,1-4H3/t10-,11+,12+,13+/m0/s1. The van der Waals surface area contributed by atoms with Crippen LogP contribution in [0.2, 0.25) is 0 Å². The predicted molar refractivity (Wildman–Crippen MR) is 61.9 cm³/mol. The minimum Gasteiger partial charge on any atom is -0.352 e. The molecule has 0 aromatic heterocycles. The molecule has 0 aliphatic carbocycles. The number of rotatable bonds is 2. The third-order valence-corrected chi connectivity index (χ3v) is 3.50. The number of hydrogen-bond acceptors (Lipinski definition) is 3. The molecule has 0 spiro atoms. The van der Waals surface area contributed by atoms with Crippen LogP contribution in [0.15, 0.2) is 0 Å². The van der Waals surface area contributed by atoms with Crippen molar-refractivity contribution in [3.63, 3.8) is 0 Å². The van der Waals surface area contributed by atoms with Crippen LogP contribution in [-0.4, -0.2) is 25.3 Å². The maximum atomic E-state index is 6.08. The van der Waals surface area contributed by atoms with Gasteiger partial charge in [0.05, 0.1) is 6.10 Å². The summed E-state index contributed by atoms with van der Waals surface area (Å²) in [7, 11) is 0. The van der Waals surface area contributed by atoms with Gasteiger partial charge in [0, 0.05) is 18.4 Å². The van der Waals surface area contributed by atoms with Crippen LogP contribution in [0.3, 0.4) is 0 Å². The Hall–Kier alpha value is -0.120. The highest BCUT2D eigenvalue weighted by Gasteiger charge is 2.43. The summed E-state index contributed by atoms with van der Waals surface area (Å²) in [5.74, 6) is 1.33. The highest BCUT2D eigenvalue weighted by molar-refractivity contribution is 4.83. The third kappa shape index (κ3) is 2.41. The van der Waals surface area contributed by atoms with Crippen molar-refractivity contribution in [2.75, 3.05) is 6.61 Å². The molecule has 2 rings (SSSR count). The molecule has 0 aromatic rings. The van der Waals surface area contributed by atoms with E-state index in [1.807, 2.05) is 0 Å². The van der Waals surface area contributed by atoms with E-state index in [-0.39, 0.29) is 18.7 Å². The van der Waals surface area contributed by atoms with E-state index in [1.54, 1.807) is 0 Å². The number of ether oxygens (including phenoxy) is 3. The summed E-state index contributed by atoms with van der Waals surface area (Å²) in [5.41, 5.74) is 0. The topological polar surface area (TPSA) is 27.7 Å². The molecule has 0 amide bonds. The van der Waals surface area contributed by atoms with Gasteiger partial charge in [0.15, 0.2) is 12.6 Å². The van der Waals surface area contributed by atoms with E-state index in [0.29, 0.717) is 17.8 Å². The van der Waals surface area contributed by atoms with Crippen molar-refractivity contribution in [3.8, 4) is 0 Å². The van der Waals surface area contributed by atoms with Crippen molar-refractivity contribution in [1.82, 2.24) is 0 Å². The van der Waals surface area contributed by atoms with Crippen molar-refractivity contribution in [3.05, 3.63) is 0 Å². The van der Waals surface area contributed by atoms with Crippen LogP contribution in [0, 0.1) is 17.8 Å². The maximum Gasteiger partial charge on any atom is 0.166 e. The maximum absolute atomic E-state index is 6.08. The van der Waals surface area contributed by atoms with Gasteiger partial charge in [-0.3, -0.25) is 0 Å². The molecule has 0 saturated carbocycles. The summed E-state index contributed by atoms with van der Waals surface area (Å²) in [6.45, 7) is 9.53. The van der Waals surface area contributed by atoms with Gasteiger partial charge >= 0.3 is 0 Å². The van der Waals surface area contributed by atoms with E-state index in [0.717, 1.165) is 13.0 Å². The molecule has 0 unspecified atom stereocenters. The molecular weight excluding hydrogens is 204 g/mol. The van der Waals surface area contributed by atoms with Gasteiger partial charge in [0.1, 0.15) is 0 Å². The Bertz CT molecular complexity index is 227. The zero-order chi connectivity index (χ0) is 11.7. The monoisotopic (exact) mass is 228 g/mol. The molecular formula is C13H24O3. The highest BCUT2D eigenvalue weighted by atomic mass is 16.8. The lowest BCUT2D eigenvalue weighted by molar-refractivity contribution is -0.358. The van der Waals surface area contributed by atoms with E-state index in [2.05, 4.69) is 27.7 Å². The summed E-state index contributed by atoms with van der Waals surface area (Å²) < 4.78 is 17.7. The quantitative estimate of drug-likeness (QED) is 0.727. The van der Waals surface area contributed by atoms with Gasteiger partial charge < -0.3 is 14.2 Å². The summed E-state index contributed by atoms with van der Waals surface area (Å²) in [6.07, 6.45) is 2.43. The summed E-state index contributed by atoms with van der Waals surface area (Å²) in [6, 6.07) is 0. The molecule has 2 fully saturated rings. The van der Waals surface area contributed by atoms with Crippen LogP contribution in [-0.2, 0) is 14.2 Å². The molecule has 0 aromatic carbocycles. The smallest absolute Gasteiger partial charge is 0.166 e. The molecule has 0 bridgehead atoms. The zero-order valence-corrected chi connectivity index (χ0v) is 10.8. The van der Waals surface area contributed by atoms with E-state index < -0.39 is 0 Å². The van der Waals surface area contributed by atoms with Crippen LogP contribution >= 0.6 is 0 Å². The van der Waals surface area contributed by atoms with Gasteiger partial charge in [-0.25, -0.2) is 0 Å². The predicted octanol–water partition coefficient (Wildman–Crippen LogP) is 2.79. The van der Waals surface area contributed by atoms with E-state index >= 15 is 0 Å².